The van der Waals surface area contributed by atoms with Gasteiger partial charge in [0, 0.05) is 12.1 Å². The van der Waals surface area contributed by atoms with Crippen LogP contribution in [0.5, 0.6) is 0 Å². The summed E-state index contributed by atoms with van der Waals surface area (Å²) >= 11 is 0. The van der Waals surface area contributed by atoms with Gasteiger partial charge in [-0.15, -0.1) is 0 Å². The van der Waals surface area contributed by atoms with Crippen molar-refractivity contribution >= 4 is 17.6 Å². The highest BCUT2D eigenvalue weighted by molar-refractivity contribution is 6.03. The highest BCUT2D eigenvalue weighted by atomic mass is 16.4. The van der Waals surface area contributed by atoms with Crippen molar-refractivity contribution < 1.29 is 19.1 Å². The van der Waals surface area contributed by atoms with Gasteiger partial charge in [0.15, 0.2) is 5.76 Å². The first-order valence-corrected chi connectivity index (χ1v) is 6.67. The molecule has 0 saturated heterocycles. The molecule has 1 aromatic heterocycles. The number of amides is 1. The van der Waals surface area contributed by atoms with Crippen LogP contribution in [0.4, 0.5) is 5.69 Å². The summed E-state index contributed by atoms with van der Waals surface area (Å²) in [5, 5.41) is 11.8. The maximum atomic E-state index is 12.1. The monoisotopic (exact) mass is 287 g/mol. The zero-order chi connectivity index (χ0) is 15.6. The lowest BCUT2D eigenvalue weighted by Gasteiger charge is -2.10. The van der Waals surface area contributed by atoms with E-state index < -0.39 is 11.9 Å². The lowest BCUT2D eigenvalue weighted by atomic mass is 10.0. The van der Waals surface area contributed by atoms with Crippen molar-refractivity contribution in [2.45, 2.75) is 27.2 Å². The van der Waals surface area contributed by atoms with Crippen LogP contribution in [0.25, 0.3) is 0 Å². The maximum Gasteiger partial charge on any atom is 0.336 e. The molecule has 2 N–H and O–H groups in total. The summed E-state index contributed by atoms with van der Waals surface area (Å²) in [6.45, 7) is 5.48. The summed E-state index contributed by atoms with van der Waals surface area (Å²) in [4.78, 5) is 23.3. The van der Waals surface area contributed by atoms with Crippen molar-refractivity contribution in [2.24, 2.45) is 0 Å². The average molecular weight is 287 g/mol. The second kappa shape index (κ2) is 5.83. The highest BCUT2D eigenvalue weighted by Crippen LogP contribution is 2.21. The predicted octanol–water partition coefficient (Wildman–Crippen LogP) is 3.41. The van der Waals surface area contributed by atoms with Gasteiger partial charge in [-0.2, -0.15) is 0 Å². The van der Waals surface area contributed by atoms with Gasteiger partial charge in [0.1, 0.15) is 5.76 Å². The lowest BCUT2D eigenvalue weighted by Crippen LogP contribution is -2.12. The number of carboxylic acid groups (broad SMARTS) is 1. The smallest absolute Gasteiger partial charge is 0.336 e. The molecule has 0 saturated carbocycles. The molecule has 0 unspecified atom stereocenters. The van der Waals surface area contributed by atoms with E-state index in [0.29, 0.717) is 17.7 Å². The van der Waals surface area contributed by atoms with Gasteiger partial charge >= 0.3 is 5.97 Å². The molecular formula is C16H17NO4. The molecular weight excluding hydrogens is 270 g/mol. The van der Waals surface area contributed by atoms with Crippen LogP contribution in [0.3, 0.4) is 0 Å². The van der Waals surface area contributed by atoms with E-state index in [9.17, 15) is 9.59 Å². The number of anilines is 1. The van der Waals surface area contributed by atoms with Crippen LogP contribution in [0.2, 0.25) is 0 Å². The van der Waals surface area contributed by atoms with Gasteiger partial charge in [-0.25, -0.2) is 4.79 Å². The topological polar surface area (TPSA) is 79.5 Å². The first kappa shape index (κ1) is 14.8. The molecule has 0 radical (unpaired) electrons. The summed E-state index contributed by atoms with van der Waals surface area (Å²) in [5.41, 5.74) is 2.11. The molecule has 110 valence electrons. The molecule has 0 atom stereocenters. The Bertz CT molecular complexity index is 700. The van der Waals surface area contributed by atoms with E-state index in [1.165, 1.54) is 6.07 Å². The Morgan fingerprint density at radius 2 is 1.95 bits per heavy atom. The predicted molar refractivity (Wildman–Crippen MR) is 78.9 cm³/mol. The van der Waals surface area contributed by atoms with E-state index in [1.54, 1.807) is 32.0 Å². The zero-order valence-corrected chi connectivity index (χ0v) is 12.2. The fourth-order valence-electron chi connectivity index (χ4n) is 2.04. The van der Waals surface area contributed by atoms with Gasteiger partial charge in [-0.1, -0.05) is 6.92 Å². The minimum absolute atomic E-state index is 0.180. The SMILES string of the molecule is CCc1ccc(C(=O)Nc2cc(C)c(C)c(C(=O)O)c2)o1. The Labute approximate surface area is 122 Å². The number of carboxylic acids is 1. The van der Waals surface area contributed by atoms with Crippen LogP contribution in [-0.4, -0.2) is 17.0 Å². The number of nitrogens with one attached hydrogen (secondary N) is 1. The molecule has 21 heavy (non-hydrogen) atoms. The molecule has 0 aliphatic heterocycles. The fourth-order valence-corrected chi connectivity index (χ4v) is 2.04. The Morgan fingerprint density at radius 3 is 2.52 bits per heavy atom. The summed E-state index contributed by atoms with van der Waals surface area (Å²) < 4.78 is 5.37. The van der Waals surface area contributed by atoms with E-state index in [4.69, 9.17) is 9.52 Å². The molecule has 2 rings (SSSR count). The number of furan rings is 1. The molecule has 1 aromatic carbocycles. The minimum atomic E-state index is -1.02. The van der Waals surface area contributed by atoms with Crippen molar-refractivity contribution in [1.82, 2.24) is 0 Å². The van der Waals surface area contributed by atoms with Gasteiger partial charge < -0.3 is 14.8 Å². The van der Waals surface area contributed by atoms with Crippen molar-refractivity contribution in [1.29, 1.82) is 0 Å². The Kier molecular flexibility index (Phi) is 4.12. The van der Waals surface area contributed by atoms with Crippen LogP contribution < -0.4 is 5.32 Å². The molecule has 0 bridgehead atoms. The summed E-state index contributed by atoms with van der Waals surface area (Å²) in [5.74, 6) is -0.472. The van der Waals surface area contributed by atoms with E-state index in [2.05, 4.69) is 5.32 Å². The van der Waals surface area contributed by atoms with Gasteiger partial charge in [-0.3, -0.25) is 4.79 Å². The van der Waals surface area contributed by atoms with E-state index in [1.807, 2.05) is 6.92 Å². The normalized spacial score (nSPS) is 10.4. The van der Waals surface area contributed by atoms with E-state index in [0.717, 1.165) is 11.3 Å². The molecule has 0 fully saturated rings. The van der Waals surface area contributed by atoms with Gasteiger partial charge in [0.2, 0.25) is 0 Å². The quantitative estimate of drug-likeness (QED) is 0.903. The van der Waals surface area contributed by atoms with Gasteiger partial charge in [0.25, 0.3) is 5.91 Å². The van der Waals surface area contributed by atoms with Crippen molar-refractivity contribution in [3.8, 4) is 0 Å². The number of hydrogen-bond acceptors (Lipinski definition) is 3. The van der Waals surface area contributed by atoms with Crippen LogP contribution in [0.1, 0.15) is 44.7 Å². The number of carbonyl (C=O) groups excluding carboxylic acids is 1. The largest absolute Gasteiger partial charge is 0.478 e. The molecule has 5 nitrogen and oxygen atoms in total. The molecule has 0 aliphatic carbocycles. The fraction of sp³-hybridized carbons (Fsp3) is 0.250. The molecule has 1 heterocycles. The van der Waals surface area contributed by atoms with Gasteiger partial charge in [0.05, 0.1) is 5.56 Å². The first-order valence-electron chi connectivity index (χ1n) is 6.67. The van der Waals surface area contributed by atoms with E-state index in [-0.39, 0.29) is 11.3 Å². The number of aryl methyl sites for hydroxylation is 2. The first-order chi connectivity index (χ1) is 9.92. The Balaban J connectivity index is 2.27. The third-order valence-corrected chi connectivity index (χ3v) is 3.39. The minimum Gasteiger partial charge on any atom is -0.478 e. The number of benzene rings is 1. The average Bonchev–Trinajstić information content (AvgIpc) is 2.91. The number of aromatic carboxylic acids is 1. The molecule has 5 heteroatoms. The van der Waals surface area contributed by atoms with Crippen LogP contribution in [0, 0.1) is 13.8 Å². The zero-order valence-electron chi connectivity index (χ0n) is 12.2. The van der Waals surface area contributed by atoms with Gasteiger partial charge in [-0.05, 0) is 49.2 Å². The third-order valence-electron chi connectivity index (χ3n) is 3.39. The van der Waals surface area contributed by atoms with Crippen molar-refractivity contribution in [3.63, 3.8) is 0 Å². The summed E-state index contributed by atoms with van der Waals surface area (Å²) in [6.07, 6.45) is 0.708. The van der Waals surface area contributed by atoms with Crippen LogP contribution in [-0.2, 0) is 6.42 Å². The van der Waals surface area contributed by atoms with Crippen LogP contribution >= 0.6 is 0 Å². The third kappa shape index (κ3) is 3.13. The van der Waals surface area contributed by atoms with E-state index >= 15 is 0 Å². The van der Waals surface area contributed by atoms with Crippen LogP contribution in [0.15, 0.2) is 28.7 Å². The standard InChI is InChI=1S/C16H17NO4/c1-4-12-5-6-14(21-12)15(18)17-11-7-9(2)10(3)13(8-11)16(19)20/h5-8H,4H2,1-3H3,(H,17,18)(H,19,20). The number of hydrogen-bond donors (Lipinski definition) is 2. The Hall–Kier alpha value is -2.56. The molecule has 1 amide bonds. The summed E-state index contributed by atoms with van der Waals surface area (Å²) in [6, 6.07) is 6.54. The highest BCUT2D eigenvalue weighted by Gasteiger charge is 2.15. The van der Waals surface area contributed by atoms with Crippen molar-refractivity contribution in [2.75, 3.05) is 5.32 Å². The second-order valence-corrected chi connectivity index (χ2v) is 4.84. The maximum absolute atomic E-state index is 12.1. The molecule has 0 aliphatic rings. The Morgan fingerprint density at radius 1 is 1.24 bits per heavy atom. The lowest BCUT2D eigenvalue weighted by molar-refractivity contribution is 0.0695. The van der Waals surface area contributed by atoms with Crippen molar-refractivity contribution in [3.05, 3.63) is 52.5 Å². The number of rotatable bonds is 4. The number of carbonyl (C=O) groups is 2. The molecule has 0 spiro atoms. The molecule has 2 aromatic rings. The summed E-state index contributed by atoms with van der Waals surface area (Å²) in [7, 11) is 0. The second-order valence-electron chi connectivity index (χ2n) is 4.84.